The second-order valence-corrected chi connectivity index (χ2v) is 6.29. The molecule has 1 heterocycles. The molecule has 4 nitrogen and oxygen atoms in total. The molecule has 0 aliphatic carbocycles. The smallest absolute Gasteiger partial charge is 0.248 e. The molecule has 0 bridgehead atoms. The van der Waals surface area contributed by atoms with Crippen LogP contribution >= 0.6 is 22.9 Å². The van der Waals surface area contributed by atoms with E-state index < -0.39 is 6.04 Å². The Labute approximate surface area is 139 Å². The lowest BCUT2D eigenvalue weighted by atomic mass is 10.1. The normalized spacial score (nSPS) is 14.9. The minimum Gasteiger partial charge on any atom is -0.320 e. The van der Waals surface area contributed by atoms with Crippen molar-refractivity contribution in [2.75, 3.05) is 6.54 Å². The molecule has 1 aliphatic rings. The summed E-state index contributed by atoms with van der Waals surface area (Å²) in [6.45, 7) is 0.688. The molecule has 5 heteroatoms. The Balaban J connectivity index is 1.73. The molecule has 0 radical (unpaired) electrons. The molecule has 0 unspecified atom stereocenters. The fraction of sp³-hybridized carbons (Fsp3) is 0.375. The summed E-state index contributed by atoms with van der Waals surface area (Å²) in [6, 6.07) is 9.69. The predicted molar refractivity (Wildman–Crippen MR) is 94.3 cm³/mol. The standard InChI is InChI=1S/C16H20IN3O/c17-20(11-9-14-8-10-19-12-14)16(21)15(18)7-6-13-4-2-1-3-5-13/h1-5,10,12,15H,6-9,11,18H2/t15-/m0/s1. The van der Waals surface area contributed by atoms with E-state index in [1.165, 1.54) is 11.1 Å². The van der Waals surface area contributed by atoms with Gasteiger partial charge < -0.3 is 5.73 Å². The van der Waals surface area contributed by atoms with Gasteiger partial charge in [0.05, 0.1) is 28.9 Å². The highest BCUT2D eigenvalue weighted by Crippen LogP contribution is 2.15. The van der Waals surface area contributed by atoms with E-state index in [0.29, 0.717) is 13.0 Å². The number of carbonyl (C=O) groups excluding carboxylic acids is 1. The van der Waals surface area contributed by atoms with Crippen LogP contribution in [0.15, 0.2) is 47.1 Å². The van der Waals surface area contributed by atoms with Crippen molar-refractivity contribution in [1.29, 1.82) is 0 Å². The van der Waals surface area contributed by atoms with E-state index in [1.54, 1.807) is 3.11 Å². The number of amides is 1. The van der Waals surface area contributed by atoms with Gasteiger partial charge in [-0.1, -0.05) is 30.3 Å². The van der Waals surface area contributed by atoms with Crippen LogP contribution in [0.1, 0.15) is 24.8 Å². The Hall–Kier alpha value is -1.21. The zero-order chi connectivity index (χ0) is 15.1. The maximum absolute atomic E-state index is 12.2. The lowest BCUT2D eigenvalue weighted by Gasteiger charge is -2.19. The molecular formula is C16H20IN3O. The van der Waals surface area contributed by atoms with Crippen LogP contribution in [0.2, 0.25) is 0 Å². The Bertz CT molecular complexity index is 528. The fourth-order valence-corrected chi connectivity index (χ4v) is 2.77. The number of nitrogens with zero attached hydrogens (tertiary/aromatic N) is 2. The number of nitrogens with two attached hydrogens (primary N) is 1. The van der Waals surface area contributed by atoms with Gasteiger partial charge in [-0.25, -0.2) is 0 Å². The second-order valence-electron chi connectivity index (χ2n) is 5.13. The number of carbonyl (C=O) groups is 1. The van der Waals surface area contributed by atoms with Gasteiger partial charge in [0, 0.05) is 25.4 Å². The van der Waals surface area contributed by atoms with E-state index in [1.807, 2.05) is 30.6 Å². The molecule has 1 aliphatic heterocycles. The van der Waals surface area contributed by atoms with E-state index in [0.717, 1.165) is 19.3 Å². The van der Waals surface area contributed by atoms with E-state index in [9.17, 15) is 4.79 Å². The Morgan fingerprint density at radius 3 is 2.76 bits per heavy atom. The van der Waals surface area contributed by atoms with Gasteiger partial charge in [0.25, 0.3) is 0 Å². The molecule has 1 atom stereocenters. The molecule has 0 saturated heterocycles. The lowest BCUT2D eigenvalue weighted by molar-refractivity contribution is -0.126. The van der Waals surface area contributed by atoms with Crippen molar-refractivity contribution in [2.24, 2.45) is 10.7 Å². The van der Waals surface area contributed by atoms with Crippen molar-refractivity contribution >= 4 is 35.0 Å². The molecule has 0 aromatic heterocycles. The van der Waals surface area contributed by atoms with E-state index in [-0.39, 0.29) is 5.91 Å². The first-order valence-electron chi connectivity index (χ1n) is 7.13. The SMILES string of the molecule is N[C@@H](CCc1ccccc1)C(=O)N(I)CCC1=CN=CC1. The predicted octanol–water partition coefficient (Wildman–Crippen LogP) is 2.87. The van der Waals surface area contributed by atoms with Gasteiger partial charge in [0.1, 0.15) is 0 Å². The van der Waals surface area contributed by atoms with Crippen LogP contribution < -0.4 is 5.73 Å². The number of aliphatic imine (C=N–C) groups is 1. The molecular weight excluding hydrogens is 377 g/mol. The highest BCUT2D eigenvalue weighted by Gasteiger charge is 2.19. The zero-order valence-corrected chi connectivity index (χ0v) is 14.1. The quantitative estimate of drug-likeness (QED) is 0.568. The maximum atomic E-state index is 12.2. The molecule has 2 N–H and O–H groups in total. The third kappa shape index (κ3) is 5.24. The van der Waals surface area contributed by atoms with Crippen molar-refractivity contribution < 1.29 is 4.79 Å². The van der Waals surface area contributed by atoms with Gasteiger partial charge in [-0.05, 0) is 30.4 Å². The van der Waals surface area contributed by atoms with Gasteiger partial charge in [-0.2, -0.15) is 0 Å². The molecule has 0 saturated carbocycles. The first kappa shape index (κ1) is 16.2. The van der Waals surface area contributed by atoms with Gasteiger partial charge in [-0.15, -0.1) is 0 Å². The van der Waals surface area contributed by atoms with Crippen LogP contribution in [-0.4, -0.2) is 27.8 Å². The molecule has 0 fully saturated rings. The largest absolute Gasteiger partial charge is 0.320 e. The maximum Gasteiger partial charge on any atom is 0.248 e. The summed E-state index contributed by atoms with van der Waals surface area (Å²) in [5.41, 5.74) is 8.50. The van der Waals surface area contributed by atoms with Crippen molar-refractivity contribution in [1.82, 2.24) is 3.11 Å². The number of hydrogen-bond acceptors (Lipinski definition) is 3. The molecule has 0 spiro atoms. The van der Waals surface area contributed by atoms with Crippen LogP contribution in [0, 0.1) is 0 Å². The number of benzene rings is 1. The Morgan fingerprint density at radius 1 is 1.33 bits per heavy atom. The minimum absolute atomic E-state index is 0.00560. The fourth-order valence-electron chi connectivity index (χ4n) is 2.17. The molecule has 112 valence electrons. The third-order valence-electron chi connectivity index (χ3n) is 3.49. The van der Waals surface area contributed by atoms with E-state index in [2.05, 4.69) is 40.0 Å². The van der Waals surface area contributed by atoms with Crippen molar-refractivity contribution in [3.05, 3.63) is 47.7 Å². The summed E-state index contributed by atoms with van der Waals surface area (Å²) in [5, 5.41) is 0. The van der Waals surface area contributed by atoms with Gasteiger partial charge >= 0.3 is 0 Å². The Kier molecular flexibility index (Phi) is 6.38. The summed E-state index contributed by atoms with van der Waals surface area (Å²) >= 11 is 2.06. The van der Waals surface area contributed by atoms with Crippen molar-refractivity contribution in [3.8, 4) is 0 Å². The first-order chi connectivity index (χ1) is 10.2. The highest BCUT2D eigenvalue weighted by atomic mass is 127. The summed E-state index contributed by atoms with van der Waals surface area (Å²) in [6.07, 6.45) is 7.04. The van der Waals surface area contributed by atoms with Crippen molar-refractivity contribution in [2.45, 2.75) is 31.7 Å². The molecule has 2 rings (SSSR count). The number of halogens is 1. The number of aryl methyl sites for hydroxylation is 1. The molecule has 1 aromatic carbocycles. The highest BCUT2D eigenvalue weighted by molar-refractivity contribution is 14.1. The Morgan fingerprint density at radius 2 is 2.10 bits per heavy atom. The topological polar surface area (TPSA) is 58.7 Å². The van der Waals surface area contributed by atoms with Crippen LogP contribution in [0.5, 0.6) is 0 Å². The van der Waals surface area contributed by atoms with Crippen LogP contribution in [-0.2, 0) is 11.2 Å². The monoisotopic (exact) mass is 397 g/mol. The lowest BCUT2D eigenvalue weighted by Crippen LogP contribution is -2.39. The van der Waals surface area contributed by atoms with Crippen LogP contribution in [0.4, 0.5) is 0 Å². The number of rotatable bonds is 7. The minimum atomic E-state index is -0.434. The average Bonchev–Trinajstić information content (AvgIpc) is 3.04. The van der Waals surface area contributed by atoms with Gasteiger partial charge in [0.2, 0.25) is 5.91 Å². The van der Waals surface area contributed by atoms with E-state index >= 15 is 0 Å². The van der Waals surface area contributed by atoms with Crippen LogP contribution in [0.3, 0.4) is 0 Å². The number of hydrogen-bond donors (Lipinski definition) is 1. The molecule has 21 heavy (non-hydrogen) atoms. The molecule has 1 aromatic rings. The van der Waals surface area contributed by atoms with Crippen LogP contribution in [0.25, 0.3) is 0 Å². The van der Waals surface area contributed by atoms with Crippen molar-refractivity contribution in [3.63, 3.8) is 0 Å². The van der Waals surface area contributed by atoms with Gasteiger partial charge in [0.15, 0.2) is 0 Å². The summed E-state index contributed by atoms with van der Waals surface area (Å²) in [7, 11) is 0. The van der Waals surface area contributed by atoms with Gasteiger partial charge in [-0.3, -0.25) is 12.9 Å². The summed E-state index contributed by atoms with van der Waals surface area (Å²) in [5.74, 6) is 0.00560. The summed E-state index contributed by atoms with van der Waals surface area (Å²) < 4.78 is 1.70. The van der Waals surface area contributed by atoms with E-state index in [4.69, 9.17) is 5.73 Å². The molecule has 1 amide bonds. The first-order valence-corrected chi connectivity index (χ1v) is 8.09. The zero-order valence-electron chi connectivity index (χ0n) is 11.9. The third-order valence-corrected chi connectivity index (χ3v) is 4.45. The summed E-state index contributed by atoms with van der Waals surface area (Å²) in [4.78, 5) is 16.3. The average molecular weight is 397 g/mol. The second kappa shape index (κ2) is 8.29.